The molecule has 5 rings (SSSR count). The third-order valence-corrected chi connectivity index (χ3v) is 7.32. The first-order valence-corrected chi connectivity index (χ1v) is 8.89. The Bertz CT molecular complexity index is 637. The third-order valence-electron chi connectivity index (χ3n) is 6.29. The molecule has 2 spiro atoms. The van der Waals surface area contributed by atoms with Gasteiger partial charge >= 0.3 is 5.97 Å². The fraction of sp³-hybridized carbons (Fsp3) is 0.706. The predicted molar refractivity (Wildman–Crippen MR) is 82.2 cm³/mol. The van der Waals surface area contributed by atoms with Crippen LogP contribution in [0.15, 0.2) is 10.1 Å². The van der Waals surface area contributed by atoms with Gasteiger partial charge in [0, 0.05) is 29.2 Å². The molecule has 0 aromatic carbocycles. The number of Topliss-reactive ketones (excluding diaryl/α,β-unsaturated/α-hetero) is 2. The minimum absolute atomic E-state index is 0.0141. The number of carbonyl (C=O) groups excluding carboxylic acids is 3. The van der Waals surface area contributed by atoms with Crippen LogP contribution < -0.4 is 0 Å². The van der Waals surface area contributed by atoms with Crippen LogP contribution >= 0.6 is 15.9 Å². The Balaban J connectivity index is 1.94. The number of hydrogen-bond donors (Lipinski definition) is 0. The Morgan fingerprint density at radius 2 is 2.00 bits per heavy atom. The molecule has 118 valence electrons. The molecule has 3 fully saturated rings. The summed E-state index contributed by atoms with van der Waals surface area (Å²) in [4.78, 5) is 37.5. The zero-order valence-electron chi connectivity index (χ0n) is 12.6. The summed E-state index contributed by atoms with van der Waals surface area (Å²) in [5.41, 5.74) is -0.612. The maximum absolute atomic E-state index is 13.5. The molecule has 2 bridgehead atoms. The maximum Gasteiger partial charge on any atom is 0.306 e. The average Bonchev–Trinajstić information content (AvgIpc) is 2.87. The highest BCUT2D eigenvalue weighted by atomic mass is 79.9. The number of allylic oxidation sites excluding steroid dienone is 1. The van der Waals surface area contributed by atoms with Crippen molar-refractivity contribution in [1.29, 1.82) is 0 Å². The van der Waals surface area contributed by atoms with Crippen molar-refractivity contribution in [3.63, 3.8) is 0 Å². The summed E-state index contributed by atoms with van der Waals surface area (Å²) in [6.07, 6.45) is 4.99. The van der Waals surface area contributed by atoms with E-state index in [1.807, 2.05) is 0 Å². The molecule has 4 atom stereocenters. The van der Waals surface area contributed by atoms with Crippen LogP contribution in [0.25, 0.3) is 0 Å². The minimum atomic E-state index is -1.01. The highest BCUT2D eigenvalue weighted by Gasteiger charge is 2.71. The first-order valence-electron chi connectivity index (χ1n) is 8.10. The lowest BCUT2D eigenvalue weighted by Crippen LogP contribution is -2.66. The molecule has 0 N–H and O–H groups in total. The van der Waals surface area contributed by atoms with Crippen molar-refractivity contribution in [2.45, 2.75) is 57.5 Å². The smallest absolute Gasteiger partial charge is 0.306 e. The van der Waals surface area contributed by atoms with Gasteiger partial charge in [-0.05, 0) is 38.2 Å². The standard InChI is InChI=1S/C17H19BrO4/c1-9(19)11-8-12-14(18)10-4-2-3-6-16(10,11)15(21)17(12)7-5-13(20)22-17/h11-12H,2-8H2,1H3. The lowest BCUT2D eigenvalue weighted by Gasteiger charge is -2.59. The Kier molecular flexibility index (Phi) is 3.01. The van der Waals surface area contributed by atoms with E-state index in [0.717, 1.165) is 29.3 Å². The molecule has 4 unspecified atom stereocenters. The topological polar surface area (TPSA) is 60.4 Å². The fourth-order valence-corrected chi connectivity index (χ4v) is 6.51. The van der Waals surface area contributed by atoms with Crippen LogP contribution in [-0.4, -0.2) is 23.1 Å². The van der Waals surface area contributed by atoms with Gasteiger partial charge in [0.1, 0.15) is 5.78 Å². The van der Waals surface area contributed by atoms with E-state index in [0.29, 0.717) is 25.7 Å². The number of hydrogen-bond acceptors (Lipinski definition) is 4. The molecule has 5 aliphatic rings. The van der Waals surface area contributed by atoms with E-state index >= 15 is 0 Å². The highest BCUT2D eigenvalue weighted by molar-refractivity contribution is 9.11. The van der Waals surface area contributed by atoms with Gasteiger partial charge in [0.2, 0.25) is 0 Å². The van der Waals surface area contributed by atoms with E-state index in [-0.39, 0.29) is 29.4 Å². The van der Waals surface area contributed by atoms with Crippen LogP contribution in [-0.2, 0) is 19.1 Å². The molecule has 22 heavy (non-hydrogen) atoms. The molecular formula is C17H19BrO4. The quantitative estimate of drug-likeness (QED) is 0.669. The lowest BCUT2D eigenvalue weighted by atomic mass is 9.45. The van der Waals surface area contributed by atoms with Crippen molar-refractivity contribution in [3.8, 4) is 0 Å². The number of carbonyl (C=O) groups is 3. The SMILES string of the molecule is CC(=O)C1CC2C(Br)=C3CCCCC31C(=O)C21CCC(=O)O1. The van der Waals surface area contributed by atoms with Crippen LogP contribution in [0.2, 0.25) is 0 Å². The van der Waals surface area contributed by atoms with Crippen LogP contribution in [0, 0.1) is 17.3 Å². The highest BCUT2D eigenvalue weighted by Crippen LogP contribution is 2.66. The summed E-state index contributed by atoms with van der Waals surface area (Å²) in [7, 11) is 0. The first kappa shape index (κ1) is 14.6. The molecule has 4 nitrogen and oxygen atoms in total. The van der Waals surface area contributed by atoms with Crippen molar-refractivity contribution in [2.75, 3.05) is 0 Å². The van der Waals surface area contributed by atoms with Crippen LogP contribution in [0.4, 0.5) is 0 Å². The number of rotatable bonds is 1. The van der Waals surface area contributed by atoms with Crippen LogP contribution in [0.3, 0.4) is 0 Å². The second-order valence-corrected chi connectivity index (χ2v) is 8.00. The average molecular weight is 367 g/mol. The molecule has 2 saturated carbocycles. The zero-order chi connectivity index (χ0) is 15.7. The van der Waals surface area contributed by atoms with Gasteiger partial charge < -0.3 is 4.74 Å². The van der Waals surface area contributed by atoms with Crippen molar-refractivity contribution in [2.24, 2.45) is 17.3 Å². The number of halogens is 1. The molecular weight excluding hydrogens is 348 g/mol. The van der Waals surface area contributed by atoms with Crippen LogP contribution in [0.1, 0.15) is 51.9 Å². The number of esters is 1. The zero-order valence-corrected chi connectivity index (χ0v) is 14.2. The summed E-state index contributed by atoms with van der Waals surface area (Å²) >= 11 is 3.72. The van der Waals surface area contributed by atoms with Crippen molar-refractivity contribution >= 4 is 33.5 Å². The van der Waals surface area contributed by atoms with Crippen molar-refractivity contribution in [3.05, 3.63) is 10.1 Å². The van der Waals surface area contributed by atoms with E-state index in [4.69, 9.17) is 4.74 Å². The lowest BCUT2D eigenvalue weighted by molar-refractivity contribution is -0.180. The Labute approximate surface area is 137 Å². The van der Waals surface area contributed by atoms with E-state index in [9.17, 15) is 14.4 Å². The fourth-order valence-electron chi connectivity index (χ4n) is 5.40. The molecule has 0 aromatic heterocycles. The predicted octanol–water partition coefficient (Wildman–Crippen LogP) is 3.08. The molecule has 1 heterocycles. The van der Waals surface area contributed by atoms with Gasteiger partial charge in [-0.1, -0.05) is 22.4 Å². The van der Waals surface area contributed by atoms with Crippen molar-refractivity contribution < 1.29 is 19.1 Å². The van der Waals surface area contributed by atoms with E-state index < -0.39 is 11.0 Å². The normalized spacial score (nSPS) is 43.5. The largest absolute Gasteiger partial charge is 0.450 e. The Hall–Kier alpha value is -0.970. The minimum Gasteiger partial charge on any atom is -0.450 e. The monoisotopic (exact) mass is 366 g/mol. The second-order valence-electron chi connectivity index (χ2n) is 7.15. The number of ketones is 2. The molecule has 0 radical (unpaired) electrons. The summed E-state index contributed by atoms with van der Waals surface area (Å²) in [5.74, 6) is -0.590. The van der Waals surface area contributed by atoms with Crippen molar-refractivity contribution in [1.82, 2.24) is 0 Å². The summed E-state index contributed by atoms with van der Waals surface area (Å²) in [5, 5.41) is 0. The molecule has 5 heteroatoms. The molecule has 4 aliphatic carbocycles. The van der Waals surface area contributed by atoms with Gasteiger partial charge in [-0.3, -0.25) is 14.4 Å². The second kappa shape index (κ2) is 4.53. The number of ether oxygens (including phenoxy) is 1. The van der Waals surface area contributed by atoms with Crippen LogP contribution in [0.5, 0.6) is 0 Å². The number of fused-ring (bicyclic) bond motifs is 1. The third kappa shape index (κ3) is 1.51. The van der Waals surface area contributed by atoms with Gasteiger partial charge in [-0.15, -0.1) is 0 Å². The Morgan fingerprint density at radius 1 is 1.23 bits per heavy atom. The maximum atomic E-state index is 13.5. The molecule has 0 amide bonds. The molecule has 1 aliphatic heterocycles. The van der Waals surface area contributed by atoms with Gasteiger partial charge in [0.15, 0.2) is 11.4 Å². The van der Waals surface area contributed by atoms with E-state index in [1.165, 1.54) is 0 Å². The first-order chi connectivity index (χ1) is 10.4. The summed E-state index contributed by atoms with van der Waals surface area (Å²) in [6, 6.07) is 0. The summed E-state index contributed by atoms with van der Waals surface area (Å²) in [6.45, 7) is 1.60. The van der Waals surface area contributed by atoms with E-state index in [1.54, 1.807) is 6.92 Å². The molecule has 0 aromatic rings. The Morgan fingerprint density at radius 3 is 2.64 bits per heavy atom. The van der Waals surface area contributed by atoms with Gasteiger partial charge in [0.25, 0.3) is 0 Å². The summed E-state index contributed by atoms with van der Waals surface area (Å²) < 4.78 is 6.66. The van der Waals surface area contributed by atoms with Gasteiger partial charge in [0.05, 0.1) is 5.41 Å². The van der Waals surface area contributed by atoms with Gasteiger partial charge in [-0.25, -0.2) is 0 Å². The van der Waals surface area contributed by atoms with Gasteiger partial charge in [-0.2, -0.15) is 0 Å². The molecule has 1 saturated heterocycles. The van der Waals surface area contributed by atoms with E-state index in [2.05, 4.69) is 15.9 Å².